The molecule has 0 aliphatic carbocycles. The van der Waals surface area contributed by atoms with Gasteiger partial charge in [0.15, 0.2) is 5.82 Å². The van der Waals surface area contributed by atoms with Gasteiger partial charge in [-0.3, -0.25) is 0 Å². The van der Waals surface area contributed by atoms with E-state index in [9.17, 15) is 5.11 Å². The van der Waals surface area contributed by atoms with Crippen molar-refractivity contribution in [3.63, 3.8) is 0 Å². The van der Waals surface area contributed by atoms with E-state index in [2.05, 4.69) is 16.9 Å². The summed E-state index contributed by atoms with van der Waals surface area (Å²) in [5.41, 5.74) is 1.77. The van der Waals surface area contributed by atoms with Gasteiger partial charge < -0.3 is 10.0 Å². The Morgan fingerprint density at radius 1 is 1.20 bits per heavy atom. The highest BCUT2D eigenvalue weighted by molar-refractivity contribution is 5.59. The van der Waals surface area contributed by atoms with Crippen LogP contribution in [0.2, 0.25) is 0 Å². The van der Waals surface area contributed by atoms with Gasteiger partial charge in [0, 0.05) is 31.4 Å². The van der Waals surface area contributed by atoms with E-state index in [0.29, 0.717) is 5.82 Å². The van der Waals surface area contributed by atoms with Gasteiger partial charge in [0.1, 0.15) is 5.82 Å². The molecule has 1 aromatic carbocycles. The number of hydrogen-bond acceptors (Lipinski definition) is 4. The molecule has 0 saturated heterocycles. The zero-order valence-electron chi connectivity index (χ0n) is 12.2. The van der Waals surface area contributed by atoms with Gasteiger partial charge in [-0.2, -0.15) is 0 Å². The highest BCUT2D eigenvalue weighted by Crippen LogP contribution is 2.27. The van der Waals surface area contributed by atoms with Gasteiger partial charge in [-0.25, -0.2) is 9.97 Å². The van der Waals surface area contributed by atoms with Crippen LogP contribution in [-0.2, 0) is 0 Å². The average molecular weight is 271 g/mol. The Kier molecular flexibility index (Phi) is 4.69. The van der Waals surface area contributed by atoms with Crippen molar-refractivity contribution in [2.75, 3.05) is 19.0 Å². The summed E-state index contributed by atoms with van der Waals surface area (Å²) in [6.07, 6.45) is 2.87. The van der Waals surface area contributed by atoms with Crippen molar-refractivity contribution in [2.24, 2.45) is 0 Å². The first-order valence-electron chi connectivity index (χ1n) is 6.91. The number of aliphatic hydroxyl groups is 1. The van der Waals surface area contributed by atoms with Gasteiger partial charge >= 0.3 is 0 Å². The van der Waals surface area contributed by atoms with Crippen LogP contribution in [0.4, 0.5) is 5.82 Å². The SMILES string of the molecule is CCC[C@H](O)c1cnc(-c2ccccc2)nc1N(C)C. The third-order valence-corrected chi connectivity index (χ3v) is 3.17. The summed E-state index contributed by atoms with van der Waals surface area (Å²) < 4.78 is 0. The van der Waals surface area contributed by atoms with Crippen LogP contribution in [0.15, 0.2) is 36.5 Å². The van der Waals surface area contributed by atoms with Crippen LogP contribution in [0.3, 0.4) is 0 Å². The first-order chi connectivity index (χ1) is 9.63. The van der Waals surface area contributed by atoms with Crippen LogP contribution in [-0.4, -0.2) is 29.2 Å². The second kappa shape index (κ2) is 6.48. The minimum Gasteiger partial charge on any atom is -0.388 e. The topological polar surface area (TPSA) is 49.3 Å². The maximum atomic E-state index is 10.2. The number of rotatable bonds is 5. The standard InChI is InChI=1S/C16H21N3O/c1-4-8-14(20)13-11-17-15(18-16(13)19(2)3)12-9-6-5-7-10-12/h5-7,9-11,14,20H,4,8H2,1-3H3/t14-/m0/s1. The summed E-state index contributed by atoms with van der Waals surface area (Å²) in [5, 5.41) is 10.2. The monoisotopic (exact) mass is 271 g/mol. The molecule has 0 aliphatic heterocycles. The van der Waals surface area contributed by atoms with Gasteiger partial charge in [0.2, 0.25) is 0 Å². The Labute approximate surface area is 120 Å². The summed E-state index contributed by atoms with van der Waals surface area (Å²) >= 11 is 0. The Hall–Kier alpha value is -1.94. The predicted octanol–water partition coefficient (Wildman–Crippen LogP) is 3.04. The number of benzene rings is 1. The molecule has 2 rings (SSSR count). The molecule has 20 heavy (non-hydrogen) atoms. The lowest BCUT2D eigenvalue weighted by atomic mass is 10.1. The molecule has 4 nitrogen and oxygen atoms in total. The van der Waals surface area contributed by atoms with Crippen molar-refractivity contribution >= 4 is 5.82 Å². The van der Waals surface area contributed by atoms with E-state index in [4.69, 9.17) is 0 Å². The fraction of sp³-hybridized carbons (Fsp3) is 0.375. The van der Waals surface area contributed by atoms with Gasteiger partial charge in [-0.1, -0.05) is 43.7 Å². The first kappa shape index (κ1) is 14.5. The molecule has 0 saturated carbocycles. The first-order valence-corrected chi connectivity index (χ1v) is 6.91. The van der Waals surface area contributed by atoms with Crippen molar-refractivity contribution in [1.29, 1.82) is 0 Å². The van der Waals surface area contributed by atoms with E-state index in [1.807, 2.05) is 49.3 Å². The molecular formula is C16H21N3O. The number of hydrogen-bond donors (Lipinski definition) is 1. The van der Waals surface area contributed by atoms with Gasteiger partial charge in [-0.15, -0.1) is 0 Å². The second-order valence-electron chi connectivity index (χ2n) is 5.04. The van der Waals surface area contributed by atoms with E-state index < -0.39 is 6.10 Å². The molecule has 0 spiro atoms. The molecule has 0 aliphatic rings. The number of aliphatic hydroxyl groups excluding tert-OH is 1. The molecular weight excluding hydrogens is 250 g/mol. The molecule has 4 heteroatoms. The molecule has 1 aromatic heterocycles. The fourth-order valence-corrected chi connectivity index (χ4v) is 2.13. The van der Waals surface area contributed by atoms with Gasteiger partial charge in [0.25, 0.3) is 0 Å². The van der Waals surface area contributed by atoms with Crippen molar-refractivity contribution in [2.45, 2.75) is 25.9 Å². The molecule has 0 bridgehead atoms. The Morgan fingerprint density at radius 2 is 1.90 bits per heavy atom. The zero-order valence-corrected chi connectivity index (χ0v) is 12.2. The Balaban J connectivity index is 2.43. The maximum absolute atomic E-state index is 10.2. The molecule has 1 heterocycles. The third kappa shape index (κ3) is 3.14. The zero-order chi connectivity index (χ0) is 14.5. The number of anilines is 1. The fourth-order valence-electron chi connectivity index (χ4n) is 2.13. The highest BCUT2D eigenvalue weighted by Gasteiger charge is 2.16. The van der Waals surface area contributed by atoms with Gasteiger partial charge in [-0.05, 0) is 6.42 Å². The molecule has 0 fully saturated rings. The normalized spacial score (nSPS) is 12.2. The summed E-state index contributed by atoms with van der Waals surface area (Å²) in [6.45, 7) is 2.05. The van der Waals surface area contributed by atoms with Crippen LogP contribution >= 0.6 is 0 Å². The number of aromatic nitrogens is 2. The average Bonchev–Trinajstić information content (AvgIpc) is 2.47. The Bertz CT molecular complexity index is 555. The Morgan fingerprint density at radius 3 is 2.50 bits per heavy atom. The van der Waals surface area contributed by atoms with Crippen LogP contribution < -0.4 is 4.90 Å². The van der Waals surface area contributed by atoms with E-state index in [1.54, 1.807) is 6.20 Å². The maximum Gasteiger partial charge on any atom is 0.161 e. The lowest BCUT2D eigenvalue weighted by Crippen LogP contribution is -2.16. The summed E-state index contributed by atoms with van der Waals surface area (Å²) in [7, 11) is 3.86. The smallest absolute Gasteiger partial charge is 0.161 e. The van der Waals surface area contributed by atoms with Crippen molar-refractivity contribution in [1.82, 2.24) is 9.97 Å². The van der Waals surface area contributed by atoms with E-state index >= 15 is 0 Å². The molecule has 1 N–H and O–H groups in total. The lowest BCUT2D eigenvalue weighted by molar-refractivity contribution is 0.166. The minimum absolute atomic E-state index is 0.512. The number of nitrogens with zero attached hydrogens (tertiary/aromatic N) is 3. The molecule has 106 valence electrons. The van der Waals surface area contributed by atoms with Crippen LogP contribution in [0.1, 0.15) is 31.4 Å². The van der Waals surface area contributed by atoms with Crippen molar-refractivity contribution in [3.05, 3.63) is 42.1 Å². The molecule has 0 radical (unpaired) electrons. The molecule has 0 unspecified atom stereocenters. The summed E-state index contributed by atoms with van der Waals surface area (Å²) in [4.78, 5) is 10.9. The molecule has 1 atom stereocenters. The van der Waals surface area contributed by atoms with Crippen LogP contribution in [0.25, 0.3) is 11.4 Å². The van der Waals surface area contributed by atoms with Crippen molar-refractivity contribution in [3.8, 4) is 11.4 Å². The predicted molar refractivity (Wildman–Crippen MR) is 81.7 cm³/mol. The van der Waals surface area contributed by atoms with E-state index in [0.717, 1.165) is 29.8 Å². The molecule has 0 amide bonds. The summed E-state index contributed by atoms with van der Waals surface area (Å²) in [5.74, 6) is 1.46. The van der Waals surface area contributed by atoms with E-state index in [1.165, 1.54) is 0 Å². The van der Waals surface area contributed by atoms with Crippen LogP contribution in [0, 0.1) is 0 Å². The second-order valence-corrected chi connectivity index (χ2v) is 5.04. The molecule has 2 aromatic rings. The minimum atomic E-state index is -0.512. The highest BCUT2D eigenvalue weighted by atomic mass is 16.3. The largest absolute Gasteiger partial charge is 0.388 e. The van der Waals surface area contributed by atoms with Crippen molar-refractivity contribution < 1.29 is 5.11 Å². The van der Waals surface area contributed by atoms with Gasteiger partial charge in [0.05, 0.1) is 6.10 Å². The van der Waals surface area contributed by atoms with E-state index in [-0.39, 0.29) is 0 Å². The quantitative estimate of drug-likeness (QED) is 0.908. The van der Waals surface area contributed by atoms with Crippen LogP contribution in [0.5, 0.6) is 0 Å². The third-order valence-electron chi connectivity index (χ3n) is 3.17. The lowest BCUT2D eigenvalue weighted by Gasteiger charge is -2.20. The summed E-state index contributed by atoms with van der Waals surface area (Å²) in [6, 6.07) is 9.87.